The Morgan fingerprint density at radius 1 is 1.15 bits per heavy atom. The lowest BCUT2D eigenvalue weighted by Crippen LogP contribution is -2.31. The monoisotopic (exact) mass is 385 g/mol. The molecule has 0 aromatic heterocycles. The molecule has 0 saturated carbocycles. The summed E-state index contributed by atoms with van der Waals surface area (Å²) in [6.45, 7) is -0.277. The van der Waals surface area contributed by atoms with Crippen LogP contribution in [0.25, 0.3) is 0 Å². The molecular formula is C19H15NO6S. The molecule has 0 bridgehead atoms. The first-order chi connectivity index (χ1) is 13.1. The van der Waals surface area contributed by atoms with E-state index in [2.05, 4.69) is 5.32 Å². The highest BCUT2D eigenvalue weighted by Crippen LogP contribution is 2.36. The molecule has 2 aliphatic rings. The molecule has 0 aliphatic carbocycles. The predicted octanol–water partition coefficient (Wildman–Crippen LogP) is 2.64. The largest absolute Gasteiger partial charge is 0.457 e. The van der Waals surface area contributed by atoms with Crippen LogP contribution in [0.2, 0.25) is 0 Å². The minimum Gasteiger partial charge on any atom is -0.457 e. The van der Waals surface area contributed by atoms with Gasteiger partial charge in [-0.15, -0.1) is 11.8 Å². The van der Waals surface area contributed by atoms with Crippen LogP contribution in [0.4, 0.5) is 5.69 Å². The summed E-state index contributed by atoms with van der Waals surface area (Å²) in [5.41, 5.74) is 1.10. The highest BCUT2D eigenvalue weighted by molar-refractivity contribution is 8.01. The van der Waals surface area contributed by atoms with Gasteiger partial charge >= 0.3 is 5.97 Å². The van der Waals surface area contributed by atoms with Gasteiger partial charge in [-0.25, -0.2) is 0 Å². The van der Waals surface area contributed by atoms with Crippen LogP contribution in [0.5, 0.6) is 11.5 Å². The highest BCUT2D eigenvalue weighted by atomic mass is 32.2. The second-order valence-electron chi connectivity index (χ2n) is 5.95. The number of ketones is 1. The number of hydrogen-bond donors (Lipinski definition) is 1. The fourth-order valence-corrected chi connectivity index (χ4v) is 3.83. The number of carbonyl (C=O) groups is 3. The van der Waals surface area contributed by atoms with Gasteiger partial charge in [-0.1, -0.05) is 12.1 Å². The average Bonchev–Trinajstić information content (AvgIpc) is 3.14. The summed E-state index contributed by atoms with van der Waals surface area (Å²) in [4.78, 5) is 37.3. The number of rotatable bonds is 5. The third-order valence-electron chi connectivity index (χ3n) is 4.12. The van der Waals surface area contributed by atoms with E-state index in [0.717, 1.165) is 10.6 Å². The zero-order chi connectivity index (χ0) is 18.8. The van der Waals surface area contributed by atoms with Gasteiger partial charge in [0.15, 0.2) is 23.9 Å². The maximum atomic E-state index is 12.2. The minimum absolute atomic E-state index is 0.112. The summed E-state index contributed by atoms with van der Waals surface area (Å²) in [5.74, 6) is -0.146. The van der Waals surface area contributed by atoms with Crippen molar-refractivity contribution in [2.24, 2.45) is 0 Å². The van der Waals surface area contributed by atoms with E-state index >= 15 is 0 Å². The molecule has 0 fully saturated rings. The molecule has 1 atom stereocenters. The number of esters is 1. The molecule has 8 heteroatoms. The Kier molecular flexibility index (Phi) is 4.72. The smallest absolute Gasteiger partial charge is 0.307 e. The van der Waals surface area contributed by atoms with Crippen molar-refractivity contribution in [3.8, 4) is 11.5 Å². The van der Waals surface area contributed by atoms with Crippen LogP contribution in [0.15, 0.2) is 47.4 Å². The number of anilines is 1. The topological polar surface area (TPSA) is 90.9 Å². The van der Waals surface area contributed by atoms with Crippen molar-refractivity contribution in [1.29, 1.82) is 0 Å². The maximum absolute atomic E-state index is 12.2. The van der Waals surface area contributed by atoms with E-state index in [4.69, 9.17) is 14.2 Å². The zero-order valence-electron chi connectivity index (χ0n) is 14.1. The fourth-order valence-electron chi connectivity index (χ4n) is 2.74. The minimum atomic E-state index is -0.601. The number of carbonyl (C=O) groups excluding carboxylic acids is 3. The van der Waals surface area contributed by atoms with Crippen LogP contribution < -0.4 is 14.8 Å². The van der Waals surface area contributed by atoms with Gasteiger partial charge in [0.25, 0.3) is 0 Å². The molecule has 2 heterocycles. The Balaban J connectivity index is 1.32. The Morgan fingerprint density at radius 3 is 2.85 bits per heavy atom. The van der Waals surface area contributed by atoms with Gasteiger partial charge in [-0.05, 0) is 30.3 Å². The second kappa shape index (κ2) is 7.32. The summed E-state index contributed by atoms with van der Waals surface area (Å²) in [5, 5.41) is 2.18. The predicted molar refractivity (Wildman–Crippen MR) is 97.2 cm³/mol. The van der Waals surface area contributed by atoms with Crippen LogP contribution in [0.1, 0.15) is 16.8 Å². The highest BCUT2D eigenvalue weighted by Gasteiger charge is 2.29. The number of fused-ring (bicyclic) bond motifs is 2. The Hall–Kier alpha value is -3.00. The Morgan fingerprint density at radius 2 is 1.96 bits per heavy atom. The molecule has 1 N–H and O–H groups in total. The number of Topliss-reactive ketones (excluding diaryl/α,β-unsaturated/α-hetero) is 1. The van der Waals surface area contributed by atoms with Crippen LogP contribution in [-0.4, -0.2) is 36.3 Å². The number of amides is 1. The maximum Gasteiger partial charge on any atom is 0.307 e. The van der Waals surface area contributed by atoms with Crippen molar-refractivity contribution in [3.05, 3.63) is 48.0 Å². The van der Waals surface area contributed by atoms with E-state index in [0.29, 0.717) is 17.1 Å². The summed E-state index contributed by atoms with van der Waals surface area (Å²) >= 11 is 1.31. The van der Waals surface area contributed by atoms with Crippen LogP contribution >= 0.6 is 11.8 Å². The van der Waals surface area contributed by atoms with Crippen molar-refractivity contribution in [2.75, 3.05) is 18.7 Å². The molecule has 1 amide bonds. The van der Waals surface area contributed by atoms with E-state index in [1.54, 1.807) is 24.3 Å². The van der Waals surface area contributed by atoms with Crippen molar-refractivity contribution in [1.82, 2.24) is 0 Å². The van der Waals surface area contributed by atoms with Gasteiger partial charge in [0, 0.05) is 10.5 Å². The van der Waals surface area contributed by atoms with E-state index < -0.39 is 17.8 Å². The molecule has 0 saturated heterocycles. The molecule has 27 heavy (non-hydrogen) atoms. The van der Waals surface area contributed by atoms with Gasteiger partial charge in [0.05, 0.1) is 17.4 Å². The standard InChI is InChI=1S/C19H15NO6S/c21-13(11-5-6-14-15(7-11)26-10-25-14)9-24-18(22)8-17-19(23)20-12-3-1-2-4-16(12)27-17/h1-7,17H,8-10H2,(H,20,23)/t17-/m0/s1. The van der Waals surface area contributed by atoms with Crippen molar-refractivity contribution < 1.29 is 28.6 Å². The first-order valence-electron chi connectivity index (χ1n) is 8.25. The number of hydrogen-bond acceptors (Lipinski definition) is 7. The molecule has 138 valence electrons. The lowest BCUT2D eigenvalue weighted by Gasteiger charge is -2.23. The fraction of sp³-hybridized carbons (Fsp3) is 0.211. The summed E-state index contributed by atoms with van der Waals surface area (Å²) in [6.07, 6.45) is -0.112. The van der Waals surface area contributed by atoms with Crippen molar-refractivity contribution in [3.63, 3.8) is 0 Å². The normalized spacial score (nSPS) is 17.0. The Bertz CT molecular complexity index is 928. The van der Waals surface area contributed by atoms with E-state index in [-0.39, 0.29) is 24.9 Å². The quantitative estimate of drug-likeness (QED) is 0.625. The SMILES string of the molecule is O=C(C[C@@H]1Sc2ccccc2NC1=O)OCC(=O)c1ccc2c(c1)OCO2. The average molecular weight is 385 g/mol. The number of thioether (sulfide) groups is 1. The Labute approximate surface area is 159 Å². The molecule has 2 aliphatic heterocycles. The van der Waals surface area contributed by atoms with Gasteiger partial charge in [0.1, 0.15) is 0 Å². The van der Waals surface area contributed by atoms with Gasteiger partial charge in [0.2, 0.25) is 12.7 Å². The van der Waals surface area contributed by atoms with E-state index in [1.807, 2.05) is 18.2 Å². The molecule has 0 spiro atoms. The number of benzene rings is 2. The molecule has 4 rings (SSSR count). The van der Waals surface area contributed by atoms with Crippen LogP contribution in [0.3, 0.4) is 0 Å². The molecule has 2 aromatic rings. The number of ether oxygens (including phenoxy) is 3. The number of para-hydroxylation sites is 1. The summed E-state index contributed by atoms with van der Waals surface area (Å²) in [6, 6.07) is 12.2. The zero-order valence-corrected chi connectivity index (χ0v) is 14.9. The van der Waals surface area contributed by atoms with E-state index in [9.17, 15) is 14.4 Å². The first kappa shape index (κ1) is 17.4. The van der Waals surface area contributed by atoms with E-state index in [1.165, 1.54) is 11.8 Å². The van der Waals surface area contributed by atoms with Crippen molar-refractivity contribution in [2.45, 2.75) is 16.6 Å². The lowest BCUT2D eigenvalue weighted by molar-refractivity contribution is -0.143. The van der Waals surface area contributed by atoms with Crippen LogP contribution in [0, 0.1) is 0 Å². The van der Waals surface area contributed by atoms with Gasteiger partial charge in [-0.3, -0.25) is 14.4 Å². The number of nitrogens with one attached hydrogen (secondary N) is 1. The summed E-state index contributed by atoms with van der Waals surface area (Å²) < 4.78 is 15.5. The van der Waals surface area contributed by atoms with Gasteiger partial charge < -0.3 is 19.5 Å². The lowest BCUT2D eigenvalue weighted by atomic mass is 10.1. The molecular weight excluding hydrogens is 370 g/mol. The molecule has 2 aromatic carbocycles. The van der Waals surface area contributed by atoms with Gasteiger partial charge in [-0.2, -0.15) is 0 Å². The third kappa shape index (κ3) is 3.75. The third-order valence-corrected chi connectivity index (χ3v) is 5.39. The first-order valence-corrected chi connectivity index (χ1v) is 9.13. The molecule has 0 unspecified atom stereocenters. The second-order valence-corrected chi connectivity index (χ2v) is 7.19. The molecule has 7 nitrogen and oxygen atoms in total. The summed E-state index contributed by atoms with van der Waals surface area (Å²) in [7, 11) is 0. The van der Waals surface area contributed by atoms with Crippen LogP contribution in [-0.2, 0) is 14.3 Å². The van der Waals surface area contributed by atoms with Crippen molar-refractivity contribution >= 4 is 35.1 Å². The molecule has 0 radical (unpaired) electrons.